The number of carbonyl (C=O) groups is 1. The molecule has 3 atom stereocenters. The van der Waals surface area contributed by atoms with Crippen LogP contribution in [0.25, 0.3) is 22.3 Å². The number of aliphatic hydroxyl groups is 1. The van der Waals surface area contributed by atoms with Gasteiger partial charge in [0, 0.05) is 23.8 Å². The summed E-state index contributed by atoms with van der Waals surface area (Å²) in [6, 6.07) is 32.7. The summed E-state index contributed by atoms with van der Waals surface area (Å²) in [4.78, 5) is 19.5. The number of hydrogen-bond acceptors (Lipinski definition) is 5. The Morgan fingerprint density at radius 2 is 1.50 bits per heavy atom. The van der Waals surface area contributed by atoms with E-state index in [1.807, 2.05) is 97.2 Å². The van der Waals surface area contributed by atoms with Crippen LogP contribution < -0.4 is 4.90 Å². The van der Waals surface area contributed by atoms with Gasteiger partial charge in [0.15, 0.2) is 0 Å². The minimum atomic E-state index is -0.682. The van der Waals surface area contributed by atoms with Crippen molar-refractivity contribution in [2.24, 2.45) is 0 Å². The highest BCUT2D eigenvalue weighted by atomic mass is 32.2. The van der Waals surface area contributed by atoms with Gasteiger partial charge in [-0.15, -0.1) is 11.8 Å². The van der Waals surface area contributed by atoms with Crippen LogP contribution in [0.4, 0.5) is 5.69 Å². The van der Waals surface area contributed by atoms with Crippen LogP contribution in [0.3, 0.4) is 0 Å². The lowest BCUT2D eigenvalue weighted by molar-refractivity contribution is -0.123. The number of hydrogen-bond donors (Lipinski definition) is 2. The smallest absolute Gasteiger partial charge is 0.243 e. The molecule has 0 unspecified atom stereocenters. The second kappa shape index (κ2) is 10.3. The number of rotatable bonds is 7. The molecule has 0 radical (unpaired) electrons. The largest absolute Gasteiger partial charge is 0.508 e. The van der Waals surface area contributed by atoms with Gasteiger partial charge in [0.25, 0.3) is 0 Å². The van der Waals surface area contributed by atoms with Gasteiger partial charge in [-0.3, -0.25) is 9.78 Å². The lowest BCUT2D eigenvalue weighted by Gasteiger charge is -2.47. The Morgan fingerprint density at radius 1 is 0.816 bits per heavy atom. The van der Waals surface area contributed by atoms with Crippen molar-refractivity contribution in [3.63, 3.8) is 0 Å². The summed E-state index contributed by atoms with van der Waals surface area (Å²) >= 11 is 1.48. The van der Waals surface area contributed by atoms with E-state index in [-0.39, 0.29) is 22.9 Å². The molecule has 6 rings (SSSR count). The molecule has 1 saturated heterocycles. The molecule has 1 aromatic heterocycles. The first kappa shape index (κ1) is 24.2. The zero-order valence-electron chi connectivity index (χ0n) is 20.5. The van der Waals surface area contributed by atoms with Gasteiger partial charge in [-0.2, -0.15) is 0 Å². The van der Waals surface area contributed by atoms with Crippen LogP contribution in [-0.4, -0.2) is 32.1 Å². The topological polar surface area (TPSA) is 73.7 Å². The standard InChI is InChI=1S/C32H26N2O3S/c35-28-14-10-22(11-15-28)30-31(38-20-29(36)26-17-23-5-2-1-3-6-24(23)18-26)32(37)34(30)27-12-8-21(9-13-27)25-7-4-16-33-19-25/h1-19,29-31,35-36H,20H2/t29-,30+,31+/m0/s1. The Bertz CT molecular complexity index is 1490. The lowest BCUT2D eigenvalue weighted by Crippen LogP contribution is -2.57. The molecule has 5 nitrogen and oxygen atoms in total. The average Bonchev–Trinajstić information content (AvgIpc) is 3.23. The molecule has 2 heterocycles. The molecule has 0 bridgehead atoms. The second-order valence-electron chi connectivity index (χ2n) is 9.41. The number of fused-ring (bicyclic) bond motifs is 1. The molecule has 3 aromatic rings. The summed E-state index contributed by atoms with van der Waals surface area (Å²) in [6.45, 7) is 0. The first-order chi connectivity index (χ1) is 18.6. The van der Waals surface area contributed by atoms with E-state index in [1.54, 1.807) is 23.2 Å². The molecule has 2 aromatic carbocycles. The Hall–Kier alpha value is -4.13. The molecule has 3 aliphatic rings. The van der Waals surface area contributed by atoms with Crippen LogP contribution in [0.2, 0.25) is 0 Å². The van der Waals surface area contributed by atoms with E-state index in [2.05, 4.69) is 4.98 Å². The molecular formula is C32H26N2O3S. The van der Waals surface area contributed by atoms with Gasteiger partial charge >= 0.3 is 0 Å². The Kier molecular flexibility index (Phi) is 6.58. The number of benzene rings is 2. The maximum Gasteiger partial charge on any atom is 0.243 e. The van der Waals surface area contributed by atoms with Crippen LogP contribution in [0.1, 0.15) is 23.3 Å². The number of thioether (sulfide) groups is 1. The zero-order chi connectivity index (χ0) is 26.1. The van der Waals surface area contributed by atoms with E-state index in [4.69, 9.17) is 0 Å². The van der Waals surface area contributed by atoms with Crippen LogP contribution in [0.5, 0.6) is 5.75 Å². The predicted molar refractivity (Wildman–Crippen MR) is 152 cm³/mol. The van der Waals surface area contributed by atoms with Gasteiger partial charge < -0.3 is 15.1 Å². The number of phenols is 1. The van der Waals surface area contributed by atoms with Gasteiger partial charge in [0.1, 0.15) is 11.0 Å². The number of aliphatic hydroxyl groups excluding tert-OH is 1. The van der Waals surface area contributed by atoms with E-state index >= 15 is 0 Å². The quantitative estimate of drug-likeness (QED) is 0.241. The number of nitrogens with zero attached hydrogens (tertiary/aromatic N) is 2. The Balaban J connectivity index is 1.23. The number of aromatic hydroxyl groups is 1. The van der Waals surface area contributed by atoms with Crippen molar-refractivity contribution in [3.8, 4) is 28.0 Å². The monoisotopic (exact) mass is 518 g/mol. The molecule has 2 aliphatic carbocycles. The van der Waals surface area contributed by atoms with E-state index in [9.17, 15) is 15.0 Å². The van der Waals surface area contributed by atoms with Crippen LogP contribution in [0, 0.1) is 0 Å². The second-order valence-corrected chi connectivity index (χ2v) is 10.6. The summed E-state index contributed by atoms with van der Waals surface area (Å²) in [6.07, 6.45) is 2.88. The molecule has 1 amide bonds. The minimum Gasteiger partial charge on any atom is -0.508 e. The number of amides is 1. The molecule has 1 fully saturated rings. The maximum absolute atomic E-state index is 13.5. The van der Waals surface area contributed by atoms with Gasteiger partial charge in [-0.25, -0.2) is 0 Å². The summed E-state index contributed by atoms with van der Waals surface area (Å²) in [5.41, 5.74) is 6.81. The van der Waals surface area contributed by atoms with Gasteiger partial charge in [0.2, 0.25) is 5.91 Å². The number of aromatic nitrogens is 1. The van der Waals surface area contributed by atoms with Crippen molar-refractivity contribution in [2.75, 3.05) is 10.7 Å². The van der Waals surface area contributed by atoms with Crippen molar-refractivity contribution in [2.45, 2.75) is 17.4 Å². The number of pyridine rings is 1. The average molecular weight is 519 g/mol. The maximum atomic E-state index is 13.5. The summed E-state index contributed by atoms with van der Waals surface area (Å²) in [5.74, 6) is 0.596. The van der Waals surface area contributed by atoms with Crippen molar-refractivity contribution in [1.29, 1.82) is 0 Å². The fourth-order valence-corrected chi connectivity index (χ4v) is 6.28. The van der Waals surface area contributed by atoms with E-state index in [0.29, 0.717) is 5.75 Å². The molecule has 0 spiro atoms. The number of phenolic OH excluding ortho intramolecular Hbond substituents is 1. The highest BCUT2D eigenvalue weighted by Crippen LogP contribution is 2.46. The molecule has 38 heavy (non-hydrogen) atoms. The predicted octanol–water partition coefficient (Wildman–Crippen LogP) is 6.48. The first-order valence-electron chi connectivity index (χ1n) is 12.5. The Labute approximate surface area is 225 Å². The molecule has 188 valence electrons. The summed E-state index contributed by atoms with van der Waals surface area (Å²) in [5, 5.41) is 20.5. The van der Waals surface area contributed by atoms with E-state index in [1.165, 1.54) is 11.8 Å². The van der Waals surface area contributed by atoms with Crippen LogP contribution >= 0.6 is 11.8 Å². The number of anilines is 1. The molecule has 2 N–H and O–H groups in total. The zero-order valence-corrected chi connectivity index (χ0v) is 21.3. The molecular weight excluding hydrogens is 492 g/mol. The Morgan fingerprint density at radius 3 is 2.16 bits per heavy atom. The highest BCUT2D eigenvalue weighted by Gasteiger charge is 2.49. The normalized spacial score (nSPS) is 17.8. The fourth-order valence-electron chi connectivity index (χ4n) is 4.98. The van der Waals surface area contributed by atoms with Gasteiger partial charge in [-0.05, 0) is 75.8 Å². The van der Waals surface area contributed by atoms with Crippen LogP contribution in [-0.2, 0) is 4.79 Å². The van der Waals surface area contributed by atoms with Gasteiger partial charge in [-0.1, -0.05) is 60.7 Å². The van der Waals surface area contributed by atoms with Crippen molar-refractivity contribution < 1.29 is 15.0 Å². The highest BCUT2D eigenvalue weighted by molar-refractivity contribution is 8.00. The summed E-state index contributed by atoms with van der Waals surface area (Å²) < 4.78 is 0. The number of β-lactam (4-membered cyclic amide) rings is 1. The van der Waals surface area contributed by atoms with Gasteiger partial charge in [0.05, 0.1) is 12.1 Å². The third-order valence-corrected chi connectivity index (χ3v) is 8.32. The fraction of sp³-hybridized carbons (Fsp3) is 0.125. The van der Waals surface area contributed by atoms with Crippen LogP contribution in [0.15, 0.2) is 116 Å². The SMILES string of the molecule is O=C1[C@H](SC[C@H](O)c2cc3cccccc-3c2)[C@@H](c2ccc(O)cc2)N1c1ccc(-c2cccnc2)cc1. The molecule has 0 saturated carbocycles. The van der Waals surface area contributed by atoms with Crippen molar-refractivity contribution in [3.05, 3.63) is 127 Å². The third-order valence-electron chi connectivity index (χ3n) is 6.99. The van der Waals surface area contributed by atoms with Crippen molar-refractivity contribution in [1.82, 2.24) is 4.98 Å². The molecule has 6 heteroatoms. The molecule has 1 aliphatic heterocycles. The first-order valence-corrected chi connectivity index (χ1v) is 13.5. The third kappa shape index (κ3) is 4.64. The lowest BCUT2D eigenvalue weighted by atomic mass is 9.92. The summed E-state index contributed by atoms with van der Waals surface area (Å²) in [7, 11) is 0. The number of carbonyl (C=O) groups excluding carboxylic acids is 1. The minimum absolute atomic E-state index is 0.00842. The van der Waals surface area contributed by atoms with E-state index in [0.717, 1.165) is 39.1 Å². The van der Waals surface area contributed by atoms with E-state index < -0.39 is 6.10 Å². The van der Waals surface area contributed by atoms with Crippen molar-refractivity contribution >= 4 is 23.4 Å².